The summed E-state index contributed by atoms with van der Waals surface area (Å²) in [5.74, 6) is 0.716. The van der Waals surface area contributed by atoms with Crippen molar-refractivity contribution < 1.29 is 4.74 Å². The van der Waals surface area contributed by atoms with E-state index in [2.05, 4.69) is 6.58 Å². The van der Waals surface area contributed by atoms with Gasteiger partial charge in [0.15, 0.2) is 0 Å². The highest BCUT2D eigenvalue weighted by atomic mass is 16.5. The molecule has 0 N–H and O–H groups in total. The van der Waals surface area contributed by atoms with E-state index in [9.17, 15) is 0 Å². The van der Waals surface area contributed by atoms with E-state index in [1.807, 2.05) is 0 Å². The van der Waals surface area contributed by atoms with Gasteiger partial charge in [0.05, 0.1) is 6.10 Å². The van der Waals surface area contributed by atoms with E-state index < -0.39 is 0 Å². The quantitative estimate of drug-likeness (QED) is 0.466. The van der Waals surface area contributed by atoms with Gasteiger partial charge in [-0.15, -0.1) is 0 Å². The third kappa shape index (κ3) is 0.891. The fraction of sp³-hybridized carbons (Fsp3) is 0.778. The third-order valence-corrected chi connectivity index (χ3v) is 2.72. The summed E-state index contributed by atoms with van der Waals surface area (Å²) in [6, 6.07) is 0. The van der Waals surface area contributed by atoms with Crippen LogP contribution in [0.2, 0.25) is 0 Å². The zero-order chi connectivity index (χ0) is 6.97. The summed E-state index contributed by atoms with van der Waals surface area (Å²) in [7, 11) is 0. The van der Waals surface area contributed by atoms with Crippen LogP contribution in [0.3, 0.4) is 0 Å². The molecule has 0 aromatic heterocycles. The van der Waals surface area contributed by atoms with E-state index in [4.69, 9.17) is 4.74 Å². The van der Waals surface area contributed by atoms with Crippen LogP contribution >= 0.6 is 0 Å². The lowest BCUT2D eigenvalue weighted by Crippen LogP contribution is -2.21. The van der Waals surface area contributed by atoms with Gasteiger partial charge in [-0.3, -0.25) is 0 Å². The normalized spacial score (nSPS) is 39.8. The van der Waals surface area contributed by atoms with Crippen molar-refractivity contribution in [2.45, 2.75) is 31.8 Å². The van der Waals surface area contributed by atoms with Crippen molar-refractivity contribution in [3.8, 4) is 0 Å². The highest BCUT2D eigenvalue weighted by molar-refractivity contribution is 5.08. The molecule has 0 amide bonds. The van der Waals surface area contributed by atoms with E-state index >= 15 is 0 Å². The van der Waals surface area contributed by atoms with Gasteiger partial charge in [-0.25, -0.2) is 0 Å². The van der Waals surface area contributed by atoms with Crippen LogP contribution in [0, 0.1) is 5.92 Å². The first-order valence-corrected chi connectivity index (χ1v) is 4.17. The van der Waals surface area contributed by atoms with E-state index in [-0.39, 0.29) is 0 Å². The molecule has 10 heavy (non-hydrogen) atoms. The molecule has 1 heterocycles. The van der Waals surface area contributed by atoms with Crippen molar-refractivity contribution in [3.05, 3.63) is 12.2 Å². The molecule has 2 unspecified atom stereocenters. The van der Waals surface area contributed by atoms with E-state index in [1.54, 1.807) is 0 Å². The average Bonchev–Trinajstić information content (AvgIpc) is 2.36. The maximum absolute atomic E-state index is 5.57. The second-order valence-corrected chi connectivity index (χ2v) is 3.35. The Morgan fingerprint density at radius 3 is 3.10 bits per heavy atom. The largest absolute Gasteiger partial charge is 0.378 e. The van der Waals surface area contributed by atoms with Gasteiger partial charge >= 0.3 is 0 Å². The standard InChI is InChI=1S/C9H14O/c1-7-3-2-4-9-8(7)5-6-10-9/h8-9H,1-6H2. The maximum Gasteiger partial charge on any atom is 0.0641 e. The number of hydrogen-bond donors (Lipinski definition) is 0. The van der Waals surface area contributed by atoms with Crippen molar-refractivity contribution >= 4 is 0 Å². The summed E-state index contributed by atoms with van der Waals surface area (Å²) < 4.78 is 5.57. The minimum Gasteiger partial charge on any atom is -0.378 e. The monoisotopic (exact) mass is 138 g/mol. The Balaban J connectivity index is 2.10. The maximum atomic E-state index is 5.57. The molecule has 1 aliphatic carbocycles. The molecule has 1 saturated carbocycles. The Hall–Kier alpha value is -0.300. The number of fused-ring (bicyclic) bond motifs is 1. The van der Waals surface area contributed by atoms with E-state index in [0.29, 0.717) is 12.0 Å². The molecule has 2 fully saturated rings. The molecule has 2 aliphatic rings. The lowest BCUT2D eigenvalue weighted by molar-refractivity contribution is 0.0803. The van der Waals surface area contributed by atoms with Gasteiger partial charge in [-0.05, 0) is 25.7 Å². The lowest BCUT2D eigenvalue weighted by atomic mass is 9.83. The van der Waals surface area contributed by atoms with Gasteiger partial charge in [-0.2, -0.15) is 0 Å². The SMILES string of the molecule is C=C1CCCC2OCCC12. The molecule has 0 aromatic rings. The molecule has 1 saturated heterocycles. The summed E-state index contributed by atoms with van der Waals surface area (Å²) in [6.45, 7) is 5.04. The molecule has 0 bridgehead atoms. The summed E-state index contributed by atoms with van der Waals surface area (Å²) >= 11 is 0. The summed E-state index contributed by atoms with van der Waals surface area (Å²) in [4.78, 5) is 0. The molecular weight excluding hydrogens is 124 g/mol. The van der Waals surface area contributed by atoms with Crippen molar-refractivity contribution in [2.24, 2.45) is 5.92 Å². The van der Waals surface area contributed by atoms with E-state index in [1.165, 1.54) is 31.3 Å². The Labute approximate surface area is 62.1 Å². The minimum atomic E-state index is 0.543. The van der Waals surface area contributed by atoms with Crippen LogP contribution < -0.4 is 0 Å². The van der Waals surface area contributed by atoms with Gasteiger partial charge in [0.25, 0.3) is 0 Å². The minimum absolute atomic E-state index is 0.543. The fourth-order valence-electron chi connectivity index (χ4n) is 2.12. The van der Waals surface area contributed by atoms with Crippen molar-refractivity contribution in [1.82, 2.24) is 0 Å². The first kappa shape index (κ1) is 6.41. The van der Waals surface area contributed by atoms with Gasteiger partial charge in [0, 0.05) is 12.5 Å². The molecule has 0 spiro atoms. The Bertz CT molecular complexity index is 151. The highest BCUT2D eigenvalue weighted by Crippen LogP contribution is 2.36. The van der Waals surface area contributed by atoms with Crippen LogP contribution in [-0.2, 0) is 4.74 Å². The second-order valence-electron chi connectivity index (χ2n) is 3.35. The fourth-order valence-corrected chi connectivity index (χ4v) is 2.12. The first-order chi connectivity index (χ1) is 4.88. The molecule has 1 heteroatoms. The molecule has 2 rings (SSSR count). The van der Waals surface area contributed by atoms with Crippen LogP contribution in [0.5, 0.6) is 0 Å². The molecule has 0 radical (unpaired) electrons. The summed E-state index contributed by atoms with van der Waals surface area (Å²) in [5, 5.41) is 0. The predicted molar refractivity (Wildman–Crippen MR) is 40.8 cm³/mol. The van der Waals surface area contributed by atoms with Crippen LogP contribution in [-0.4, -0.2) is 12.7 Å². The van der Waals surface area contributed by atoms with Crippen molar-refractivity contribution in [1.29, 1.82) is 0 Å². The number of rotatable bonds is 0. The van der Waals surface area contributed by atoms with Crippen molar-refractivity contribution in [2.75, 3.05) is 6.61 Å². The second kappa shape index (κ2) is 2.39. The van der Waals surface area contributed by atoms with Crippen molar-refractivity contribution in [3.63, 3.8) is 0 Å². The van der Waals surface area contributed by atoms with Crippen LogP contribution in [0.1, 0.15) is 25.7 Å². The third-order valence-electron chi connectivity index (χ3n) is 2.72. The van der Waals surface area contributed by atoms with Gasteiger partial charge in [0.1, 0.15) is 0 Å². The zero-order valence-corrected chi connectivity index (χ0v) is 6.31. The van der Waals surface area contributed by atoms with Gasteiger partial charge < -0.3 is 4.74 Å². The van der Waals surface area contributed by atoms with Crippen LogP contribution in [0.4, 0.5) is 0 Å². The Morgan fingerprint density at radius 1 is 1.40 bits per heavy atom. The molecular formula is C9H14O. The van der Waals surface area contributed by atoms with Crippen LogP contribution in [0.25, 0.3) is 0 Å². The van der Waals surface area contributed by atoms with Gasteiger partial charge in [0.2, 0.25) is 0 Å². The smallest absolute Gasteiger partial charge is 0.0641 e. The predicted octanol–water partition coefficient (Wildman–Crippen LogP) is 2.13. The summed E-state index contributed by atoms with van der Waals surface area (Å²) in [6.07, 6.45) is 5.57. The number of ether oxygens (including phenoxy) is 1. The van der Waals surface area contributed by atoms with Gasteiger partial charge in [-0.1, -0.05) is 12.2 Å². The molecule has 2 atom stereocenters. The number of hydrogen-bond acceptors (Lipinski definition) is 1. The molecule has 1 nitrogen and oxygen atoms in total. The first-order valence-electron chi connectivity index (χ1n) is 4.17. The highest BCUT2D eigenvalue weighted by Gasteiger charge is 2.32. The van der Waals surface area contributed by atoms with E-state index in [0.717, 1.165) is 6.61 Å². The Kier molecular flexibility index (Phi) is 1.53. The summed E-state index contributed by atoms with van der Waals surface area (Å²) in [5.41, 5.74) is 1.44. The molecule has 0 aromatic carbocycles. The zero-order valence-electron chi connectivity index (χ0n) is 6.31. The molecule has 1 aliphatic heterocycles. The van der Waals surface area contributed by atoms with Crippen LogP contribution in [0.15, 0.2) is 12.2 Å². The average molecular weight is 138 g/mol. The molecule has 56 valence electrons. The lowest BCUT2D eigenvalue weighted by Gasteiger charge is -2.25. The topological polar surface area (TPSA) is 9.23 Å². The Morgan fingerprint density at radius 2 is 2.30 bits per heavy atom.